The van der Waals surface area contributed by atoms with Crippen LogP contribution in [0.15, 0.2) is 42.6 Å². The van der Waals surface area contributed by atoms with E-state index in [4.69, 9.17) is 0 Å². The number of para-hydroxylation sites is 1. The number of anilines is 2. The van der Waals surface area contributed by atoms with Crippen LogP contribution in [0.25, 0.3) is 0 Å². The van der Waals surface area contributed by atoms with Gasteiger partial charge in [0.25, 0.3) is 5.91 Å². The fourth-order valence-electron chi connectivity index (χ4n) is 2.58. The molecule has 1 aromatic carbocycles. The van der Waals surface area contributed by atoms with E-state index in [1.54, 1.807) is 6.20 Å². The number of nitrogens with zero attached hydrogens (tertiary/aromatic N) is 2. The SMILES string of the molecule is CCCc1ccccc1NC(=O)c1ccc(N(CC)CC)nc1. The molecule has 0 saturated carbocycles. The highest BCUT2D eigenvalue weighted by atomic mass is 16.1. The summed E-state index contributed by atoms with van der Waals surface area (Å²) in [6.45, 7) is 8.13. The zero-order valence-corrected chi connectivity index (χ0v) is 14.2. The summed E-state index contributed by atoms with van der Waals surface area (Å²) >= 11 is 0. The summed E-state index contributed by atoms with van der Waals surface area (Å²) in [7, 11) is 0. The smallest absolute Gasteiger partial charge is 0.257 e. The van der Waals surface area contributed by atoms with Crippen molar-refractivity contribution in [2.75, 3.05) is 23.3 Å². The van der Waals surface area contributed by atoms with Crippen molar-refractivity contribution in [1.29, 1.82) is 0 Å². The number of carbonyl (C=O) groups is 1. The van der Waals surface area contributed by atoms with Gasteiger partial charge in [0.05, 0.1) is 5.56 Å². The lowest BCUT2D eigenvalue weighted by Crippen LogP contribution is -2.23. The number of hydrogen-bond acceptors (Lipinski definition) is 3. The minimum absolute atomic E-state index is 0.118. The average Bonchev–Trinajstić information content (AvgIpc) is 2.58. The van der Waals surface area contributed by atoms with Gasteiger partial charge < -0.3 is 10.2 Å². The van der Waals surface area contributed by atoms with Gasteiger partial charge in [-0.05, 0) is 44.0 Å². The predicted octanol–water partition coefficient (Wildman–Crippen LogP) is 4.13. The van der Waals surface area contributed by atoms with Crippen molar-refractivity contribution in [2.45, 2.75) is 33.6 Å². The predicted molar refractivity (Wildman–Crippen MR) is 96.2 cm³/mol. The molecule has 0 atom stereocenters. The molecule has 1 heterocycles. The van der Waals surface area contributed by atoms with E-state index >= 15 is 0 Å². The van der Waals surface area contributed by atoms with E-state index in [0.717, 1.165) is 43.0 Å². The molecule has 122 valence electrons. The third kappa shape index (κ3) is 4.31. The van der Waals surface area contributed by atoms with Gasteiger partial charge in [0.2, 0.25) is 0 Å². The number of aryl methyl sites for hydroxylation is 1. The number of nitrogens with one attached hydrogen (secondary N) is 1. The van der Waals surface area contributed by atoms with Gasteiger partial charge in [0.15, 0.2) is 0 Å². The van der Waals surface area contributed by atoms with Crippen molar-refractivity contribution in [3.8, 4) is 0 Å². The minimum atomic E-state index is -0.118. The molecule has 4 heteroatoms. The molecule has 1 amide bonds. The Kier molecular flexibility index (Phi) is 6.15. The lowest BCUT2D eigenvalue weighted by molar-refractivity contribution is 0.102. The maximum atomic E-state index is 12.4. The molecule has 2 aromatic rings. The van der Waals surface area contributed by atoms with Gasteiger partial charge in [-0.25, -0.2) is 4.98 Å². The number of rotatable bonds is 7. The molecular weight excluding hydrogens is 286 g/mol. The van der Waals surface area contributed by atoms with Crippen molar-refractivity contribution in [1.82, 2.24) is 4.98 Å². The van der Waals surface area contributed by atoms with Crippen LogP contribution in [0.5, 0.6) is 0 Å². The summed E-state index contributed by atoms with van der Waals surface area (Å²) in [4.78, 5) is 19.0. The highest BCUT2D eigenvalue weighted by Crippen LogP contribution is 2.18. The normalized spacial score (nSPS) is 10.4. The second kappa shape index (κ2) is 8.32. The number of benzene rings is 1. The average molecular weight is 311 g/mol. The van der Waals surface area contributed by atoms with E-state index in [-0.39, 0.29) is 5.91 Å². The van der Waals surface area contributed by atoms with Crippen LogP contribution in [0, 0.1) is 0 Å². The molecule has 4 nitrogen and oxygen atoms in total. The number of hydrogen-bond donors (Lipinski definition) is 1. The van der Waals surface area contributed by atoms with Crippen LogP contribution < -0.4 is 10.2 Å². The fraction of sp³-hybridized carbons (Fsp3) is 0.368. The first-order valence-corrected chi connectivity index (χ1v) is 8.29. The summed E-state index contributed by atoms with van der Waals surface area (Å²) in [6, 6.07) is 11.7. The molecule has 1 aromatic heterocycles. The Morgan fingerprint density at radius 1 is 1.09 bits per heavy atom. The van der Waals surface area contributed by atoms with Gasteiger partial charge >= 0.3 is 0 Å². The molecule has 0 fully saturated rings. The van der Waals surface area contributed by atoms with Crippen molar-refractivity contribution in [3.63, 3.8) is 0 Å². The van der Waals surface area contributed by atoms with Gasteiger partial charge in [0.1, 0.15) is 5.82 Å². The first-order valence-electron chi connectivity index (χ1n) is 8.29. The molecule has 0 radical (unpaired) electrons. The first-order chi connectivity index (χ1) is 11.2. The Labute approximate surface area is 138 Å². The van der Waals surface area contributed by atoms with Gasteiger partial charge in [-0.1, -0.05) is 31.5 Å². The highest BCUT2D eigenvalue weighted by molar-refractivity contribution is 6.04. The van der Waals surface area contributed by atoms with Gasteiger partial charge in [0, 0.05) is 25.0 Å². The molecule has 0 unspecified atom stereocenters. The van der Waals surface area contributed by atoms with Crippen LogP contribution in [-0.2, 0) is 6.42 Å². The zero-order chi connectivity index (χ0) is 16.7. The van der Waals surface area contributed by atoms with Gasteiger partial charge in [-0.15, -0.1) is 0 Å². The maximum absolute atomic E-state index is 12.4. The van der Waals surface area contributed by atoms with Gasteiger partial charge in [-0.3, -0.25) is 4.79 Å². The molecule has 1 N–H and O–H groups in total. The van der Waals surface area contributed by atoms with Crippen molar-refractivity contribution < 1.29 is 4.79 Å². The molecule has 0 bridgehead atoms. The quantitative estimate of drug-likeness (QED) is 0.836. The first kappa shape index (κ1) is 17.0. The second-order valence-electron chi connectivity index (χ2n) is 5.44. The third-order valence-corrected chi connectivity index (χ3v) is 3.88. The monoisotopic (exact) mass is 311 g/mol. The van der Waals surface area contributed by atoms with Crippen LogP contribution >= 0.6 is 0 Å². The Morgan fingerprint density at radius 3 is 2.43 bits per heavy atom. The number of amides is 1. The van der Waals surface area contributed by atoms with E-state index in [1.165, 1.54) is 0 Å². The lowest BCUT2D eigenvalue weighted by Gasteiger charge is -2.19. The number of aromatic nitrogens is 1. The van der Waals surface area contributed by atoms with Crippen LogP contribution in [0.2, 0.25) is 0 Å². The minimum Gasteiger partial charge on any atom is -0.357 e. The van der Waals surface area contributed by atoms with Crippen LogP contribution in [0.1, 0.15) is 43.1 Å². The number of pyridine rings is 1. The van der Waals surface area contributed by atoms with Crippen LogP contribution in [-0.4, -0.2) is 24.0 Å². The topological polar surface area (TPSA) is 45.2 Å². The largest absolute Gasteiger partial charge is 0.357 e. The molecule has 23 heavy (non-hydrogen) atoms. The Bertz CT molecular complexity index is 633. The molecular formula is C19H25N3O. The summed E-state index contributed by atoms with van der Waals surface area (Å²) < 4.78 is 0. The second-order valence-corrected chi connectivity index (χ2v) is 5.44. The van der Waals surface area contributed by atoms with E-state index in [0.29, 0.717) is 5.56 Å². The highest BCUT2D eigenvalue weighted by Gasteiger charge is 2.10. The van der Waals surface area contributed by atoms with E-state index in [1.807, 2.05) is 30.3 Å². The maximum Gasteiger partial charge on any atom is 0.257 e. The Morgan fingerprint density at radius 2 is 1.83 bits per heavy atom. The zero-order valence-electron chi connectivity index (χ0n) is 14.2. The molecule has 0 spiro atoms. The molecule has 0 saturated heterocycles. The molecule has 0 aliphatic heterocycles. The van der Waals surface area contributed by atoms with Crippen molar-refractivity contribution in [2.24, 2.45) is 0 Å². The van der Waals surface area contributed by atoms with E-state index in [9.17, 15) is 4.79 Å². The Hall–Kier alpha value is -2.36. The fourth-order valence-corrected chi connectivity index (χ4v) is 2.58. The summed E-state index contributed by atoms with van der Waals surface area (Å²) in [5.74, 6) is 0.782. The van der Waals surface area contributed by atoms with Crippen molar-refractivity contribution >= 4 is 17.4 Å². The van der Waals surface area contributed by atoms with Crippen LogP contribution in [0.4, 0.5) is 11.5 Å². The van der Waals surface area contributed by atoms with E-state index < -0.39 is 0 Å². The summed E-state index contributed by atoms with van der Waals surface area (Å²) in [5.41, 5.74) is 2.62. The Balaban J connectivity index is 2.12. The van der Waals surface area contributed by atoms with E-state index in [2.05, 4.69) is 42.0 Å². The van der Waals surface area contributed by atoms with Gasteiger partial charge in [-0.2, -0.15) is 0 Å². The summed E-state index contributed by atoms with van der Waals surface area (Å²) in [5, 5.41) is 3.00. The van der Waals surface area contributed by atoms with Crippen molar-refractivity contribution in [3.05, 3.63) is 53.7 Å². The summed E-state index contributed by atoms with van der Waals surface area (Å²) in [6.07, 6.45) is 3.65. The molecule has 2 rings (SSSR count). The number of carbonyl (C=O) groups excluding carboxylic acids is 1. The lowest BCUT2D eigenvalue weighted by atomic mass is 10.1. The third-order valence-electron chi connectivity index (χ3n) is 3.88. The molecule has 0 aliphatic carbocycles. The van der Waals surface area contributed by atoms with Crippen LogP contribution in [0.3, 0.4) is 0 Å². The standard InChI is InChI=1S/C19H25N3O/c1-4-9-15-10-7-8-11-17(15)21-19(23)16-12-13-18(20-14-16)22(5-2)6-3/h7-8,10-14H,4-6,9H2,1-3H3,(H,21,23). The molecule has 0 aliphatic rings.